The normalized spacial score (nSPS) is 11.4. The van der Waals surface area contributed by atoms with Crippen LogP contribution in [0.5, 0.6) is 0 Å². The summed E-state index contributed by atoms with van der Waals surface area (Å²) in [6.07, 6.45) is 1.20. The molecule has 3 nitrogen and oxygen atoms in total. The second-order valence-electron chi connectivity index (χ2n) is 3.50. The van der Waals surface area contributed by atoms with Gasteiger partial charge in [-0.3, -0.25) is 4.79 Å². The third-order valence-corrected chi connectivity index (χ3v) is 2.52. The quantitative estimate of drug-likeness (QED) is 0.528. The number of hydrogen-bond donors (Lipinski definition) is 1. The Balaban J connectivity index is 3.22. The molecular weight excluding hydrogens is 188 g/mol. The fraction of sp³-hybridized carbons (Fsp3) is 0.889. The molecule has 4 heteroatoms. The largest absolute Gasteiger partial charge is 0.469 e. The van der Waals surface area contributed by atoms with Gasteiger partial charge in [-0.1, -0.05) is 0 Å². The highest BCUT2D eigenvalue weighted by atomic mass is 32.2. The zero-order valence-corrected chi connectivity index (χ0v) is 9.32. The van der Waals surface area contributed by atoms with Crippen LogP contribution < -0.4 is 0 Å². The van der Waals surface area contributed by atoms with Crippen LogP contribution in [-0.4, -0.2) is 35.3 Å². The van der Waals surface area contributed by atoms with Crippen LogP contribution in [-0.2, 0) is 9.53 Å². The molecule has 0 aromatic heterocycles. The Kier molecular flexibility index (Phi) is 6.16. The smallest absolute Gasteiger partial charge is 0.306 e. The SMILES string of the molecule is COC(=O)CCSCCC(C)(C)O. The van der Waals surface area contributed by atoms with E-state index in [1.807, 2.05) is 0 Å². The van der Waals surface area contributed by atoms with Gasteiger partial charge in [-0.2, -0.15) is 11.8 Å². The fourth-order valence-corrected chi connectivity index (χ4v) is 1.84. The Morgan fingerprint density at radius 2 is 2.08 bits per heavy atom. The van der Waals surface area contributed by atoms with Gasteiger partial charge >= 0.3 is 5.97 Å². The summed E-state index contributed by atoms with van der Waals surface area (Å²) in [5.74, 6) is 1.47. The minimum Gasteiger partial charge on any atom is -0.469 e. The molecule has 1 N–H and O–H groups in total. The summed E-state index contributed by atoms with van der Waals surface area (Å²) in [5, 5.41) is 9.37. The Bertz CT molecular complexity index is 151. The molecule has 0 spiro atoms. The first kappa shape index (κ1) is 12.8. The lowest BCUT2D eigenvalue weighted by atomic mass is 10.1. The van der Waals surface area contributed by atoms with Gasteiger partial charge in [0.25, 0.3) is 0 Å². The number of carbonyl (C=O) groups excluding carboxylic acids is 1. The van der Waals surface area contributed by atoms with Crippen LogP contribution in [0.15, 0.2) is 0 Å². The van der Waals surface area contributed by atoms with E-state index in [-0.39, 0.29) is 5.97 Å². The van der Waals surface area contributed by atoms with Gasteiger partial charge in [-0.15, -0.1) is 0 Å². The van der Waals surface area contributed by atoms with Crippen molar-refractivity contribution in [2.75, 3.05) is 18.6 Å². The summed E-state index contributed by atoms with van der Waals surface area (Å²) in [6.45, 7) is 3.57. The number of carbonyl (C=O) groups is 1. The number of methoxy groups -OCH3 is 1. The lowest BCUT2D eigenvalue weighted by Crippen LogP contribution is -2.19. The van der Waals surface area contributed by atoms with Crippen LogP contribution in [0, 0.1) is 0 Å². The van der Waals surface area contributed by atoms with E-state index in [1.165, 1.54) is 7.11 Å². The summed E-state index contributed by atoms with van der Waals surface area (Å²) in [4.78, 5) is 10.7. The lowest BCUT2D eigenvalue weighted by Gasteiger charge is -2.15. The van der Waals surface area contributed by atoms with Crippen molar-refractivity contribution < 1.29 is 14.6 Å². The third kappa shape index (κ3) is 9.70. The van der Waals surface area contributed by atoms with Crippen molar-refractivity contribution in [1.29, 1.82) is 0 Å². The molecule has 13 heavy (non-hydrogen) atoms. The molecule has 0 saturated heterocycles. The van der Waals surface area contributed by atoms with E-state index >= 15 is 0 Å². The van der Waals surface area contributed by atoms with E-state index in [0.717, 1.165) is 17.9 Å². The van der Waals surface area contributed by atoms with Crippen molar-refractivity contribution in [1.82, 2.24) is 0 Å². The maximum absolute atomic E-state index is 10.7. The van der Waals surface area contributed by atoms with E-state index < -0.39 is 5.60 Å². The number of thioether (sulfide) groups is 1. The molecule has 0 atom stereocenters. The first-order valence-electron chi connectivity index (χ1n) is 4.32. The van der Waals surface area contributed by atoms with Gasteiger partial charge in [0, 0.05) is 5.75 Å². The fourth-order valence-electron chi connectivity index (χ4n) is 0.682. The second kappa shape index (κ2) is 6.27. The molecule has 0 aliphatic carbocycles. The molecule has 0 amide bonds. The number of rotatable bonds is 6. The number of ether oxygens (including phenoxy) is 1. The van der Waals surface area contributed by atoms with Crippen LogP contribution in [0.4, 0.5) is 0 Å². The Morgan fingerprint density at radius 3 is 2.54 bits per heavy atom. The molecule has 0 bridgehead atoms. The molecule has 0 heterocycles. The molecule has 0 aromatic carbocycles. The van der Waals surface area contributed by atoms with Crippen molar-refractivity contribution >= 4 is 17.7 Å². The number of esters is 1. The minimum absolute atomic E-state index is 0.171. The van der Waals surface area contributed by atoms with E-state index in [9.17, 15) is 9.90 Å². The van der Waals surface area contributed by atoms with Crippen molar-refractivity contribution in [3.63, 3.8) is 0 Å². The highest BCUT2D eigenvalue weighted by Crippen LogP contribution is 2.13. The standard InChI is InChI=1S/C9H18O3S/c1-9(2,11)5-7-13-6-4-8(10)12-3/h11H,4-7H2,1-3H3. The van der Waals surface area contributed by atoms with Gasteiger partial charge in [0.05, 0.1) is 19.1 Å². The molecule has 0 rings (SSSR count). The first-order valence-corrected chi connectivity index (χ1v) is 5.48. The van der Waals surface area contributed by atoms with E-state index in [4.69, 9.17) is 0 Å². The van der Waals surface area contributed by atoms with Crippen molar-refractivity contribution in [2.24, 2.45) is 0 Å². The van der Waals surface area contributed by atoms with Crippen molar-refractivity contribution in [3.05, 3.63) is 0 Å². The van der Waals surface area contributed by atoms with Gasteiger partial charge in [0.15, 0.2) is 0 Å². The highest BCUT2D eigenvalue weighted by Gasteiger charge is 2.11. The van der Waals surface area contributed by atoms with E-state index in [0.29, 0.717) is 6.42 Å². The van der Waals surface area contributed by atoms with Gasteiger partial charge in [-0.05, 0) is 26.0 Å². The first-order chi connectivity index (χ1) is 5.95. The second-order valence-corrected chi connectivity index (χ2v) is 4.73. The topological polar surface area (TPSA) is 46.5 Å². The van der Waals surface area contributed by atoms with Gasteiger partial charge < -0.3 is 9.84 Å². The van der Waals surface area contributed by atoms with Crippen LogP contribution in [0.3, 0.4) is 0 Å². The van der Waals surface area contributed by atoms with Crippen LogP contribution in [0.1, 0.15) is 26.7 Å². The molecule has 0 aliphatic heterocycles. The maximum Gasteiger partial charge on any atom is 0.306 e. The predicted molar refractivity (Wildman–Crippen MR) is 54.9 cm³/mol. The van der Waals surface area contributed by atoms with E-state index in [2.05, 4.69) is 4.74 Å². The number of hydrogen-bond acceptors (Lipinski definition) is 4. The number of aliphatic hydroxyl groups is 1. The lowest BCUT2D eigenvalue weighted by molar-refractivity contribution is -0.140. The Morgan fingerprint density at radius 1 is 1.46 bits per heavy atom. The van der Waals surface area contributed by atoms with Gasteiger partial charge in [-0.25, -0.2) is 0 Å². The third-order valence-electron chi connectivity index (χ3n) is 1.54. The average Bonchev–Trinajstić information content (AvgIpc) is 2.01. The molecule has 0 unspecified atom stereocenters. The molecule has 0 aliphatic rings. The molecular formula is C9H18O3S. The monoisotopic (exact) mass is 206 g/mol. The van der Waals surface area contributed by atoms with Crippen molar-refractivity contribution in [3.8, 4) is 0 Å². The molecule has 0 aromatic rings. The average molecular weight is 206 g/mol. The molecule has 78 valence electrons. The van der Waals surface area contributed by atoms with E-state index in [1.54, 1.807) is 25.6 Å². The maximum atomic E-state index is 10.7. The minimum atomic E-state index is -0.599. The predicted octanol–water partition coefficient (Wildman–Crippen LogP) is 1.44. The molecule has 0 radical (unpaired) electrons. The summed E-state index contributed by atoms with van der Waals surface area (Å²) in [6, 6.07) is 0. The Hall–Kier alpha value is -0.220. The summed E-state index contributed by atoms with van der Waals surface area (Å²) in [5.41, 5.74) is -0.599. The van der Waals surface area contributed by atoms with Crippen LogP contribution in [0.2, 0.25) is 0 Å². The van der Waals surface area contributed by atoms with Crippen LogP contribution in [0.25, 0.3) is 0 Å². The molecule has 0 fully saturated rings. The summed E-state index contributed by atoms with van der Waals surface area (Å²) in [7, 11) is 1.39. The van der Waals surface area contributed by atoms with Crippen molar-refractivity contribution in [2.45, 2.75) is 32.3 Å². The summed E-state index contributed by atoms with van der Waals surface area (Å²) >= 11 is 1.66. The van der Waals surface area contributed by atoms with Crippen LogP contribution >= 0.6 is 11.8 Å². The van der Waals surface area contributed by atoms with Gasteiger partial charge in [0.1, 0.15) is 0 Å². The Labute approximate surface area is 83.9 Å². The zero-order valence-electron chi connectivity index (χ0n) is 8.50. The summed E-state index contributed by atoms with van der Waals surface area (Å²) < 4.78 is 4.50. The molecule has 0 saturated carbocycles. The zero-order chi connectivity index (χ0) is 10.3. The van der Waals surface area contributed by atoms with Gasteiger partial charge in [0.2, 0.25) is 0 Å². The highest BCUT2D eigenvalue weighted by molar-refractivity contribution is 7.99.